The number of aromatic nitrogens is 2. The van der Waals surface area contributed by atoms with Crippen molar-refractivity contribution >= 4 is 17.5 Å². The molecule has 24 heavy (non-hydrogen) atoms. The van der Waals surface area contributed by atoms with Crippen molar-refractivity contribution in [2.24, 2.45) is 0 Å². The second-order valence-electron chi connectivity index (χ2n) is 5.40. The molecule has 0 aliphatic rings. The van der Waals surface area contributed by atoms with Gasteiger partial charge in [0.05, 0.1) is 0 Å². The van der Waals surface area contributed by atoms with E-state index >= 15 is 0 Å². The van der Waals surface area contributed by atoms with Gasteiger partial charge in [0.1, 0.15) is 0 Å². The maximum atomic E-state index is 12.0. The minimum atomic E-state index is -0.184. The molecule has 1 aromatic heterocycles. The van der Waals surface area contributed by atoms with E-state index in [0.717, 1.165) is 11.1 Å². The molecule has 0 atom stereocenters. The monoisotopic (exact) mass is 341 g/mol. The lowest BCUT2D eigenvalue weighted by atomic mass is 10.1. The molecule has 0 spiro atoms. The molecule has 1 amide bonds. The third kappa shape index (κ3) is 4.00. The van der Waals surface area contributed by atoms with Crippen molar-refractivity contribution < 1.29 is 9.32 Å². The van der Waals surface area contributed by atoms with Crippen LogP contribution >= 0.6 is 11.6 Å². The predicted molar refractivity (Wildman–Crippen MR) is 92.0 cm³/mol. The number of hydrogen-bond acceptors (Lipinski definition) is 4. The highest BCUT2D eigenvalue weighted by Crippen LogP contribution is 2.17. The molecular weight excluding hydrogens is 326 g/mol. The van der Waals surface area contributed by atoms with E-state index in [1.807, 2.05) is 31.2 Å². The maximum Gasteiger partial charge on any atom is 0.251 e. The molecule has 6 heteroatoms. The molecule has 3 rings (SSSR count). The number of aryl methyl sites for hydroxylation is 1. The molecular formula is C18H16ClN3O2. The van der Waals surface area contributed by atoms with E-state index in [4.69, 9.17) is 16.1 Å². The van der Waals surface area contributed by atoms with Gasteiger partial charge >= 0.3 is 0 Å². The van der Waals surface area contributed by atoms with Crippen molar-refractivity contribution in [2.75, 3.05) is 6.54 Å². The molecule has 0 saturated heterocycles. The Bertz CT molecular complexity index is 861. The first-order valence-corrected chi connectivity index (χ1v) is 7.93. The number of halogens is 1. The zero-order chi connectivity index (χ0) is 16.9. The zero-order valence-corrected chi connectivity index (χ0v) is 13.9. The number of amides is 1. The molecule has 1 heterocycles. The normalized spacial score (nSPS) is 10.6. The molecule has 0 bridgehead atoms. The summed E-state index contributed by atoms with van der Waals surface area (Å²) in [4.78, 5) is 16.4. The number of nitrogens with one attached hydrogen (secondary N) is 1. The Morgan fingerprint density at radius 2 is 2.04 bits per heavy atom. The summed E-state index contributed by atoms with van der Waals surface area (Å²) in [6.45, 7) is 2.41. The third-order valence-electron chi connectivity index (χ3n) is 3.46. The summed E-state index contributed by atoms with van der Waals surface area (Å²) in [5.74, 6) is 0.851. The molecule has 3 aromatic rings. The molecule has 0 radical (unpaired) electrons. The second-order valence-corrected chi connectivity index (χ2v) is 5.83. The first kappa shape index (κ1) is 16.2. The average molecular weight is 342 g/mol. The Labute approximate surface area is 144 Å². The van der Waals surface area contributed by atoms with Crippen LogP contribution in [0.25, 0.3) is 11.4 Å². The van der Waals surface area contributed by atoms with Gasteiger partial charge in [0.15, 0.2) is 0 Å². The summed E-state index contributed by atoms with van der Waals surface area (Å²) in [5.41, 5.74) is 2.56. The van der Waals surface area contributed by atoms with Crippen LogP contribution in [0.2, 0.25) is 5.02 Å². The van der Waals surface area contributed by atoms with Gasteiger partial charge in [0, 0.05) is 29.1 Å². The van der Waals surface area contributed by atoms with Crippen LogP contribution in [0.3, 0.4) is 0 Å². The SMILES string of the molecule is Cc1cccc(-c2noc(CCNC(=O)c3cccc(Cl)c3)n2)c1. The highest BCUT2D eigenvalue weighted by Gasteiger charge is 2.10. The van der Waals surface area contributed by atoms with Gasteiger partial charge in [-0.25, -0.2) is 0 Å². The lowest BCUT2D eigenvalue weighted by Gasteiger charge is -2.03. The van der Waals surface area contributed by atoms with E-state index in [9.17, 15) is 4.79 Å². The van der Waals surface area contributed by atoms with Gasteiger partial charge in [-0.3, -0.25) is 4.79 Å². The molecule has 0 fully saturated rings. The van der Waals surface area contributed by atoms with Gasteiger partial charge < -0.3 is 9.84 Å². The summed E-state index contributed by atoms with van der Waals surface area (Å²) < 4.78 is 5.23. The maximum absolute atomic E-state index is 12.0. The molecule has 0 unspecified atom stereocenters. The van der Waals surface area contributed by atoms with Gasteiger partial charge in [0.2, 0.25) is 11.7 Å². The fourth-order valence-electron chi connectivity index (χ4n) is 2.27. The van der Waals surface area contributed by atoms with Crippen LogP contribution in [0.5, 0.6) is 0 Å². The lowest BCUT2D eigenvalue weighted by molar-refractivity contribution is 0.0953. The number of nitrogens with zero attached hydrogens (tertiary/aromatic N) is 2. The smallest absolute Gasteiger partial charge is 0.251 e. The molecule has 1 N–H and O–H groups in total. The molecule has 0 saturated carbocycles. The van der Waals surface area contributed by atoms with Gasteiger partial charge in [-0.15, -0.1) is 0 Å². The van der Waals surface area contributed by atoms with E-state index in [2.05, 4.69) is 15.5 Å². The van der Waals surface area contributed by atoms with Crippen molar-refractivity contribution in [2.45, 2.75) is 13.3 Å². The van der Waals surface area contributed by atoms with Crippen molar-refractivity contribution in [3.05, 3.63) is 70.6 Å². The van der Waals surface area contributed by atoms with Crippen LogP contribution in [0.15, 0.2) is 53.1 Å². The summed E-state index contributed by atoms with van der Waals surface area (Å²) in [5, 5.41) is 7.32. The van der Waals surface area contributed by atoms with E-state index in [1.54, 1.807) is 24.3 Å². The van der Waals surface area contributed by atoms with Crippen molar-refractivity contribution in [1.82, 2.24) is 15.5 Å². The van der Waals surface area contributed by atoms with E-state index in [0.29, 0.717) is 35.3 Å². The average Bonchev–Trinajstić information content (AvgIpc) is 3.04. The lowest BCUT2D eigenvalue weighted by Crippen LogP contribution is -2.25. The Hall–Kier alpha value is -2.66. The Morgan fingerprint density at radius 1 is 1.21 bits per heavy atom. The number of benzene rings is 2. The molecule has 122 valence electrons. The number of rotatable bonds is 5. The van der Waals surface area contributed by atoms with Gasteiger partial charge in [-0.05, 0) is 31.2 Å². The Kier molecular flexibility index (Phi) is 4.91. The van der Waals surface area contributed by atoms with E-state index in [-0.39, 0.29) is 5.91 Å². The fourth-order valence-corrected chi connectivity index (χ4v) is 2.46. The standard InChI is InChI=1S/C18H16ClN3O2/c1-12-4-2-5-13(10-12)17-21-16(24-22-17)8-9-20-18(23)14-6-3-7-15(19)11-14/h2-7,10-11H,8-9H2,1H3,(H,20,23). The minimum absolute atomic E-state index is 0.184. The van der Waals surface area contributed by atoms with Crippen LogP contribution in [-0.2, 0) is 6.42 Å². The topological polar surface area (TPSA) is 68.0 Å². The van der Waals surface area contributed by atoms with Crippen LogP contribution in [0.4, 0.5) is 0 Å². The zero-order valence-electron chi connectivity index (χ0n) is 13.1. The molecule has 2 aromatic carbocycles. The van der Waals surface area contributed by atoms with Crippen LogP contribution in [0, 0.1) is 6.92 Å². The Morgan fingerprint density at radius 3 is 2.83 bits per heavy atom. The van der Waals surface area contributed by atoms with Crippen LogP contribution < -0.4 is 5.32 Å². The fraction of sp³-hybridized carbons (Fsp3) is 0.167. The van der Waals surface area contributed by atoms with Gasteiger partial charge in [0.25, 0.3) is 5.91 Å². The van der Waals surface area contributed by atoms with Crippen molar-refractivity contribution in [1.29, 1.82) is 0 Å². The van der Waals surface area contributed by atoms with Crippen LogP contribution in [0.1, 0.15) is 21.8 Å². The van der Waals surface area contributed by atoms with Gasteiger partial charge in [-0.2, -0.15) is 4.98 Å². The molecule has 5 nitrogen and oxygen atoms in total. The van der Waals surface area contributed by atoms with Gasteiger partial charge in [-0.1, -0.05) is 46.6 Å². The minimum Gasteiger partial charge on any atom is -0.352 e. The van der Waals surface area contributed by atoms with Crippen molar-refractivity contribution in [3.8, 4) is 11.4 Å². The largest absolute Gasteiger partial charge is 0.352 e. The summed E-state index contributed by atoms with van der Waals surface area (Å²) in [7, 11) is 0. The molecule has 0 aliphatic heterocycles. The first-order chi connectivity index (χ1) is 11.6. The quantitative estimate of drug-likeness (QED) is 0.768. The highest BCUT2D eigenvalue weighted by molar-refractivity contribution is 6.30. The number of carbonyl (C=O) groups excluding carboxylic acids is 1. The van der Waals surface area contributed by atoms with Crippen molar-refractivity contribution in [3.63, 3.8) is 0 Å². The predicted octanol–water partition coefficient (Wildman–Crippen LogP) is 3.67. The summed E-state index contributed by atoms with van der Waals surface area (Å²) >= 11 is 5.88. The van der Waals surface area contributed by atoms with E-state index in [1.165, 1.54) is 0 Å². The number of hydrogen-bond donors (Lipinski definition) is 1. The second kappa shape index (κ2) is 7.27. The van der Waals surface area contributed by atoms with Crippen LogP contribution in [-0.4, -0.2) is 22.6 Å². The van der Waals surface area contributed by atoms with E-state index < -0.39 is 0 Å². The summed E-state index contributed by atoms with van der Waals surface area (Å²) in [6.07, 6.45) is 0.463. The number of carbonyl (C=O) groups is 1. The highest BCUT2D eigenvalue weighted by atomic mass is 35.5. The Balaban J connectivity index is 1.57. The molecule has 0 aliphatic carbocycles. The first-order valence-electron chi connectivity index (χ1n) is 7.55. The summed E-state index contributed by atoms with van der Waals surface area (Å²) in [6, 6.07) is 14.7. The third-order valence-corrected chi connectivity index (χ3v) is 3.69.